The zero-order valence-electron chi connectivity index (χ0n) is 11.4. The monoisotopic (exact) mass is 291 g/mol. The van der Waals surface area contributed by atoms with Crippen molar-refractivity contribution < 1.29 is 17.9 Å². The maximum Gasteiger partial charge on any atom is 0.416 e. The van der Waals surface area contributed by atoms with E-state index in [0.717, 1.165) is 30.0 Å². The van der Waals surface area contributed by atoms with E-state index < -0.39 is 11.7 Å². The van der Waals surface area contributed by atoms with Gasteiger partial charge in [0.1, 0.15) is 13.6 Å². The van der Waals surface area contributed by atoms with Crippen LogP contribution < -0.4 is 4.74 Å². The first-order valence-electron chi connectivity index (χ1n) is 6.76. The fourth-order valence-electron chi connectivity index (χ4n) is 2.44. The molecular weight excluding hydrogens is 278 g/mol. The molecule has 0 saturated carbocycles. The fourth-order valence-corrected chi connectivity index (χ4v) is 2.44. The molecule has 0 N–H and O–H groups in total. The highest BCUT2D eigenvalue weighted by Gasteiger charge is 2.30. The van der Waals surface area contributed by atoms with Gasteiger partial charge >= 0.3 is 6.18 Å². The van der Waals surface area contributed by atoms with Crippen LogP contribution in [0.4, 0.5) is 13.2 Å². The zero-order valence-corrected chi connectivity index (χ0v) is 11.4. The Balaban J connectivity index is 2.03. The number of halogens is 3. The molecule has 0 aliphatic carbocycles. The van der Waals surface area contributed by atoms with Crippen molar-refractivity contribution >= 4 is 7.85 Å². The number of hydrogen-bond acceptors (Lipinski definition) is 2. The highest BCUT2D eigenvalue weighted by atomic mass is 19.4. The lowest BCUT2D eigenvalue weighted by molar-refractivity contribution is -0.137. The summed E-state index contributed by atoms with van der Waals surface area (Å²) in [5.74, 6) is 0.976. The Bertz CT molecular complexity index is 672. The molecule has 108 valence electrons. The largest absolute Gasteiger partial charge is 0.492 e. The molecule has 0 radical (unpaired) electrons. The Morgan fingerprint density at radius 3 is 2.76 bits per heavy atom. The fraction of sp³-hybridized carbons (Fsp3) is 0.267. The number of ether oxygens (including phenoxy) is 1. The number of benzene rings is 1. The molecule has 0 amide bonds. The first-order valence-corrected chi connectivity index (χ1v) is 6.76. The van der Waals surface area contributed by atoms with Crippen LogP contribution in [0, 0.1) is 0 Å². The van der Waals surface area contributed by atoms with Crippen LogP contribution in [0.15, 0.2) is 36.4 Å². The maximum atomic E-state index is 12.8. The third-order valence-corrected chi connectivity index (χ3v) is 3.65. The molecule has 1 atom stereocenters. The van der Waals surface area contributed by atoms with Gasteiger partial charge in [-0.3, -0.25) is 0 Å². The molecule has 1 aliphatic rings. The van der Waals surface area contributed by atoms with Crippen LogP contribution in [-0.4, -0.2) is 19.4 Å². The summed E-state index contributed by atoms with van der Waals surface area (Å²) in [7, 11) is 2.05. The predicted octanol–water partition coefficient (Wildman–Crippen LogP) is 3.22. The van der Waals surface area contributed by atoms with Gasteiger partial charge in [-0.1, -0.05) is 12.1 Å². The molecule has 2 aromatic rings. The standard InChI is InChI=1S/C15H13BF3NO/c16-11-6-7-21-13-5-4-12(20-14(11)13)9-2-1-3-10(8-9)15(17,18)19/h1-5,8,11H,6-7,16H2. The molecule has 0 saturated heterocycles. The van der Waals surface area contributed by atoms with Gasteiger partial charge in [0.05, 0.1) is 23.6 Å². The molecule has 0 bridgehead atoms. The average Bonchev–Trinajstić information content (AvgIpc) is 2.47. The van der Waals surface area contributed by atoms with E-state index in [1.54, 1.807) is 18.2 Å². The van der Waals surface area contributed by atoms with E-state index >= 15 is 0 Å². The highest BCUT2D eigenvalue weighted by Crippen LogP contribution is 2.34. The normalized spacial score (nSPS) is 18.0. The lowest BCUT2D eigenvalue weighted by Crippen LogP contribution is -2.16. The molecule has 2 nitrogen and oxygen atoms in total. The minimum atomic E-state index is -4.35. The summed E-state index contributed by atoms with van der Waals surface area (Å²) in [4.78, 5) is 4.50. The van der Waals surface area contributed by atoms with E-state index in [2.05, 4.69) is 4.98 Å². The molecule has 3 rings (SSSR count). The lowest BCUT2D eigenvalue weighted by Gasteiger charge is -2.22. The van der Waals surface area contributed by atoms with Gasteiger partial charge in [-0.05, 0) is 36.5 Å². The number of fused-ring (bicyclic) bond motifs is 1. The molecule has 0 fully saturated rings. The van der Waals surface area contributed by atoms with Crippen molar-refractivity contribution in [2.75, 3.05) is 6.61 Å². The SMILES string of the molecule is BC1CCOc2ccc(-c3cccc(C(F)(F)F)c3)nc21. The summed E-state index contributed by atoms with van der Waals surface area (Å²) in [6, 6.07) is 8.72. The van der Waals surface area contributed by atoms with E-state index in [9.17, 15) is 13.2 Å². The Morgan fingerprint density at radius 2 is 2.00 bits per heavy atom. The van der Waals surface area contributed by atoms with E-state index in [0.29, 0.717) is 17.9 Å². The van der Waals surface area contributed by atoms with Gasteiger partial charge in [-0.25, -0.2) is 4.98 Å². The molecular formula is C15H13BF3NO. The average molecular weight is 291 g/mol. The minimum Gasteiger partial charge on any atom is -0.492 e. The number of rotatable bonds is 1. The number of hydrogen-bond donors (Lipinski definition) is 0. The van der Waals surface area contributed by atoms with Gasteiger partial charge in [0.25, 0.3) is 0 Å². The van der Waals surface area contributed by atoms with Crippen LogP contribution in [0.2, 0.25) is 0 Å². The molecule has 0 spiro atoms. The second-order valence-electron chi connectivity index (χ2n) is 5.20. The smallest absolute Gasteiger partial charge is 0.416 e. The van der Waals surface area contributed by atoms with Crippen molar-refractivity contribution in [2.24, 2.45) is 0 Å². The molecule has 6 heteroatoms. The van der Waals surface area contributed by atoms with Crippen molar-refractivity contribution in [3.63, 3.8) is 0 Å². The third kappa shape index (κ3) is 2.75. The first-order chi connectivity index (χ1) is 9.95. The van der Waals surface area contributed by atoms with Gasteiger partial charge in [-0.2, -0.15) is 13.2 Å². The number of pyridine rings is 1. The summed E-state index contributed by atoms with van der Waals surface area (Å²) >= 11 is 0. The molecule has 1 aromatic carbocycles. The number of alkyl halides is 3. The number of aromatic nitrogens is 1. The highest BCUT2D eigenvalue weighted by molar-refractivity contribution is 6.12. The Hall–Kier alpha value is -1.98. The quantitative estimate of drug-likeness (QED) is 0.753. The van der Waals surface area contributed by atoms with Crippen molar-refractivity contribution in [2.45, 2.75) is 18.4 Å². The Kier molecular flexibility index (Phi) is 3.39. The molecule has 1 aliphatic heterocycles. The summed E-state index contributed by atoms with van der Waals surface area (Å²) in [5.41, 5.74) is 1.16. The van der Waals surface area contributed by atoms with Crippen molar-refractivity contribution in [3.05, 3.63) is 47.7 Å². The van der Waals surface area contributed by atoms with Crippen molar-refractivity contribution in [1.82, 2.24) is 4.98 Å². The van der Waals surface area contributed by atoms with E-state index in [-0.39, 0.29) is 5.82 Å². The topological polar surface area (TPSA) is 22.1 Å². The predicted molar refractivity (Wildman–Crippen MR) is 76.1 cm³/mol. The first kappa shape index (κ1) is 14.0. The second-order valence-corrected chi connectivity index (χ2v) is 5.20. The summed E-state index contributed by atoms with van der Waals surface area (Å²) in [6.45, 7) is 0.652. The summed E-state index contributed by atoms with van der Waals surface area (Å²) < 4.78 is 43.9. The van der Waals surface area contributed by atoms with Crippen molar-refractivity contribution in [3.8, 4) is 17.0 Å². The van der Waals surface area contributed by atoms with Gasteiger partial charge in [0, 0.05) is 5.56 Å². The lowest BCUT2D eigenvalue weighted by atomic mass is 9.80. The van der Waals surface area contributed by atoms with Crippen LogP contribution in [0.5, 0.6) is 5.75 Å². The van der Waals surface area contributed by atoms with Gasteiger partial charge < -0.3 is 4.74 Å². The maximum absolute atomic E-state index is 12.8. The van der Waals surface area contributed by atoms with Crippen molar-refractivity contribution in [1.29, 1.82) is 0 Å². The summed E-state index contributed by atoms with van der Waals surface area (Å²) in [6.07, 6.45) is -3.48. The van der Waals surface area contributed by atoms with Crippen LogP contribution >= 0.6 is 0 Å². The summed E-state index contributed by atoms with van der Waals surface area (Å²) in [5, 5.41) is 0. The van der Waals surface area contributed by atoms with Gasteiger partial charge in [-0.15, -0.1) is 0 Å². The Morgan fingerprint density at radius 1 is 1.19 bits per heavy atom. The van der Waals surface area contributed by atoms with E-state index in [1.165, 1.54) is 6.07 Å². The number of nitrogens with zero attached hydrogens (tertiary/aromatic N) is 1. The van der Waals surface area contributed by atoms with Gasteiger partial charge in [0.15, 0.2) is 0 Å². The zero-order chi connectivity index (χ0) is 15.0. The third-order valence-electron chi connectivity index (χ3n) is 3.65. The molecule has 2 heterocycles. The van der Waals surface area contributed by atoms with E-state index in [4.69, 9.17) is 4.74 Å². The van der Waals surface area contributed by atoms with Gasteiger partial charge in [0.2, 0.25) is 0 Å². The second kappa shape index (κ2) is 5.09. The van der Waals surface area contributed by atoms with Crippen LogP contribution in [0.1, 0.15) is 23.5 Å². The van der Waals surface area contributed by atoms with Crippen LogP contribution in [0.3, 0.4) is 0 Å². The molecule has 21 heavy (non-hydrogen) atoms. The van der Waals surface area contributed by atoms with E-state index in [1.807, 2.05) is 7.85 Å². The van der Waals surface area contributed by atoms with Crippen LogP contribution in [0.25, 0.3) is 11.3 Å². The minimum absolute atomic E-state index is 0.250. The molecule has 1 aromatic heterocycles. The molecule has 1 unspecified atom stereocenters. The van der Waals surface area contributed by atoms with Crippen LogP contribution in [-0.2, 0) is 6.18 Å². The Labute approximate surface area is 121 Å².